The van der Waals surface area contributed by atoms with Gasteiger partial charge in [0.05, 0.1) is 11.3 Å². The van der Waals surface area contributed by atoms with Crippen LogP contribution in [0.1, 0.15) is 5.56 Å². The summed E-state index contributed by atoms with van der Waals surface area (Å²) in [6, 6.07) is 18.2. The molecule has 0 saturated carbocycles. The van der Waals surface area contributed by atoms with Crippen LogP contribution in [0.25, 0.3) is 0 Å². The molecule has 0 bridgehead atoms. The van der Waals surface area contributed by atoms with Crippen LogP contribution in [-0.4, -0.2) is 14.3 Å². The number of hydrogen-bond donors (Lipinski definition) is 2. The summed E-state index contributed by atoms with van der Waals surface area (Å²) in [5.74, 6) is 0.225. The second-order valence-corrected chi connectivity index (χ2v) is 7.56. The SMILES string of the molecule is NS(=O)(=O)c1ccc(CC(=O)Nc2ccc(Oc3cccc(F)c3)cc2)cc1. The molecule has 0 aliphatic heterocycles. The van der Waals surface area contributed by atoms with E-state index in [1.54, 1.807) is 36.4 Å². The molecule has 144 valence electrons. The molecule has 8 heteroatoms. The van der Waals surface area contributed by atoms with Crippen LogP contribution in [0.2, 0.25) is 0 Å². The van der Waals surface area contributed by atoms with E-state index in [4.69, 9.17) is 9.88 Å². The fourth-order valence-electron chi connectivity index (χ4n) is 2.46. The zero-order chi connectivity index (χ0) is 20.1. The molecule has 3 aromatic rings. The highest BCUT2D eigenvalue weighted by Crippen LogP contribution is 2.23. The van der Waals surface area contributed by atoms with Crippen LogP contribution in [0.5, 0.6) is 11.5 Å². The van der Waals surface area contributed by atoms with Gasteiger partial charge in [0.15, 0.2) is 0 Å². The van der Waals surface area contributed by atoms with Crippen molar-refractivity contribution < 1.29 is 22.3 Å². The topological polar surface area (TPSA) is 98.5 Å². The van der Waals surface area contributed by atoms with Gasteiger partial charge in [-0.2, -0.15) is 0 Å². The Kier molecular flexibility index (Phi) is 5.72. The number of amides is 1. The number of sulfonamides is 1. The van der Waals surface area contributed by atoms with Crippen molar-refractivity contribution in [1.29, 1.82) is 0 Å². The second-order valence-electron chi connectivity index (χ2n) is 6.00. The lowest BCUT2D eigenvalue weighted by Gasteiger charge is -2.08. The van der Waals surface area contributed by atoms with Gasteiger partial charge in [-0.25, -0.2) is 17.9 Å². The highest BCUT2D eigenvalue weighted by molar-refractivity contribution is 7.89. The Balaban J connectivity index is 1.58. The number of rotatable bonds is 6. The van der Waals surface area contributed by atoms with E-state index in [9.17, 15) is 17.6 Å². The quantitative estimate of drug-likeness (QED) is 0.662. The highest BCUT2D eigenvalue weighted by atomic mass is 32.2. The fraction of sp³-hybridized carbons (Fsp3) is 0.0500. The molecule has 6 nitrogen and oxygen atoms in total. The molecule has 1 amide bonds. The first-order chi connectivity index (χ1) is 13.3. The lowest BCUT2D eigenvalue weighted by molar-refractivity contribution is -0.115. The molecule has 0 spiro atoms. The van der Waals surface area contributed by atoms with Crippen molar-refractivity contribution in [3.63, 3.8) is 0 Å². The standard InChI is InChI=1S/C20H17FN2O4S/c21-15-2-1-3-18(13-15)27-17-8-6-16(7-9-17)23-20(24)12-14-4-10-19(11-5-14)28(22,25)26/h1-11,13H,12H2,(H,23,24)(H2,22,25,26). The number of anilines is 1. The minimum Gasteiger partial charge on any atom is -0.457 e. The van der Waals surface area contributed by atoms with Crippen molar-refractivity contribution in [3.05, 3.63) is 84.2 Å². The Morgan fingerprint density at radius 2 is 1.64 bits per heavy atom. The van der Waals surface area contributed by atoms with Gasteiger partial charge in [-0.15, -0.1) is 0 Å². The Labute approximate surface area is 161 Å². The van der Waals surface area contributed by atoms with E-state index in [0.29, 0.717) is 22.7 Å². The molecule has 0 atom stereocenters. The summed E-state index contributed by atoms with van der Waals surface area (Å²) in [6.45, 7) is 0. The number of carbonyl (C=O) groups is 1. The molecule has 0 heterocycles. The molecule has 0 fully saturated rings. The molecular weight excluding hydrogens is 383 g/mol. The maximum atomic E-state index is 13.2. The first-order valence-electron chi connectivity index (χ1n) is 8.25. The molecule has 0 aliphatic rings. The molecule has 0 saturated heterocycles. The third-order valence-corrected chi connectivity index (χ3v) is 4.72. The van der Waals surface area contributed by atoms with Crippen LogP contribution in [0.4, 0.5) is 10.1 Å². The Morgan fingerprint density at radius 1 is 0.964 bits per heavy atom. The number of benzene rings is 3. The summed E-state index contributed by atoms with van der Waals surface area (Å²) in [5.41, 5.74) is 1.22. The lowest BCUT2D eigenvalue weighted by Crippen LogP contribution is -2.15. The zero-order valence-electron chi connectivity index (χ0n) is 14.6. The van der Waals surface area contributed by atoms with Crippen molar-refractivity contribution in [2.24, 2.45) is 5.14 Å². The van der Waals surface area contributed by atoms with E-state index in [-0.39, 0.29) is 17.2 Å². The Morgan fingerprint density at radius 3 is 2.25 bits per heavy atom. The molecule has 3 aromatic carbocycles. The number of primary sulfonamides is 1. The molecular formula is C20H17FN2O4S. The van der Waals surface area contributed by atoms with Gasteiger partial charge in [0, 0.05) is 11.8 Å². The zero-order valence-corrected chi connectivity index (χ0v) is 15.4. The predicted molar refractivity (Wildman–Crippen MR) is 103 cm³/mol. The van der Waals surface area contributed by atoms with Crippen LogP contribution in [0, 0.1) is 5.82 Å². The van der Waals surface area contributed by atoms with Crippen molar-refractivity contribution in [2.75, 3.05) is 5.32 Å². The average Bonchev–Trinajstić information content (AvgIpc) is 2.63. The van der Waals surface area contributed by atoms with Crippen LogP contribution >= 0.6 is 0 Å². The summed E-state index contributed by atoms with van der Waals surface area (Å²) >= 11 is 0. The van der Waals surface area contributed by atoms with Crippen LogP contribution in [0.15, 0.2) is 77.7 Å². The minimum atomic E-state index is -3.76. The number of nitrogens with two attached hydrogens (primary N) is 1. The number of nitrogens with one attached hydrogen (secondary N) is 1. The number of halogens is 1. The van der Waals surface area contributed by atoms with Gasteiger partial charge in [-0.05, 0) is 54.1 Å². The van der Waals surface area contributed by atoms with E-state index < -0.39 is 15.8 Å². The number of hydrogen-bond acceptors (Lipinski definition) is 4. The molecule has 0 unspecified atom stereocenters. The van der Waals surface area contributed by atoms with Crippen LogP contribution in [-0.2, 0) is 21.2 Å². The van der Waals surface area contributed by atoms with Gasteiger partial charge < -0.3 is 10.1 Å². The van der Waals surface area contributed by atoms with Crippen LogP contribution in [0.3, 0.4) is 0 Å². The van der Waals surface area contributed by atoms with E-state index in [1.807, 2.05) is 0 Å². The van der Waals surface area contributed by atoms with E-state index in [1.165, 1.54) is 36.4 Å². The third kappa shape index (κ3) is 5.38. The molecule has 0 aromatic heterocycles. The molecule has 3 N–H and O–H groups in total. The van der Waals surface area contributed by atoms with Gasteiger partial charge >= 0.3 is 0 Å². The second kappa shape index (κ2) is 8.20. The highest BCUT2D eigenvalue weighted by Gasteiger charge is 2.09. The maximum Gasteiger partial charge on any atom is 0.238 e. The third-order valence-electron chi connectivity index (χ3n) is 3.79. The molecule has 28 heavy (non-hydrogen) atoms. The maximum absolute atomic E-state index is 13.2. The van der Waals surface area contributed by atoms with Gasteiger partial charge in [0.1, 0.15) is 17.3 Å². The summed E-state index contributed by atoms with van der Waals surface area (Å²) in [5, 5.41) is 7.78. The monoisotopic (exact) mass is 400 g/mol. The largest absolute Gasteiger partial charge is 0.457 e. The Hall–Kier alpha value is -3.23. The molecule has 0 aliphatic carbocycles. The predicted octanol–water partition coefficient (Wildman–Crippen LogP) is 3.45. The number of ether oxygens (including phenoxy) is 1. The normalized spacial score (nSPS) is 11.1. The Bertz CT molecular complexity index is 1080. The summed E-state index contributed by atoms with van der Waals surface area (Å²) in [6.07, 6.45) is 0.0758. The number of carbonyl (C=O) groups excluding carboxylic acids is 1. The van der Waals surface area contributed by atoms with Crippen molar-refractivity contribution >= 4 is 21.6 Å². The van der Waals surface area contributed by atoms with Gasteiger partial charge in [-0.1, -0.05) is 18.2 Å². The van der Waals surface area contributed by atoms with E-state index >= 15 is 0 Å². The average molecular weight is 400 g/mol. The van der Waals surface area contributed by atoms with Crippen molar-refractivity contribution in [2.45, 2.75) is 11.3 Å². The fourth-order valence-corrected chi connectivity index (χ4v) is 2.98. The molecule has 0 radical (unpaired) electrons. The van der Waals surface area contributed by atoms with E-state index in [2.05, 4.69) is 5.32 Å². The summed E-state index contributed by atoms with van der Waals surface area (Å²) in [4.78, 5) is 12.1. The molecule has 3 rings (SSSR count). The summed E-state index contributed by atoms with van der Waals surface area (Å²) < 4.78 is 41.2. The van der Waals surface area contributed by atoms with Crippen molar-refractivity contribution in [1.82, 2.24) is 0 Å². The minimum absolute atomic E-state index is 0.00876. The van der Waals surface area contributed by atoms with Crippen molar-refractivity contribution in [3.8, 4) is 11.5 Å². The van der Waals surface area contributed by atoms with Gasteiger partial charge in [0.2, 0.25) is 15.9 Å². The first-order valence-corrected chi connectivity index (χ1v) is 9.79. The first kappa shape index (κ1) is 19.5. The van der Waals surface area contributed by atoms with E-state index in [0.717, 1.165) is 0 Å². The summed E-state index contributed by atoms with van der Waals surface area (Å²) in [7, 11) is -3.76. The van der Waals surface area contributed by atoms with Gasteiger partial charge in [-0.3, -0.25) is 4.79 Å². The smallest absolute Gasteiger partial charge is 0.238 e. The van der Waals surface area contributed by atoms with Crippen LogP contribution < -0.4 is 15.2 Å². The van der Waals surface area contributed by atoms with Gasteiger partial charge in [0.25, 0.3) is 0 Å². The lowest BCUT2D eigenvalue weighted by atomic mass is 10.1.